The first-order chi connectivity index (χ1) is 9.91. The Hall–Kier alpha value is -1.47. The van der Waals surface area contributed by atoms with Crippen LogP contribution in [0.5, 0.6) is 0 Å². The van der Waals surface area contributed by atoms with Crippen LogP contribution in [-0.4, -0.2) is 50.3 Å². The van der Waals surface area contributed by atoms with E-state index in [0.29, 0.717) is 5.92 Å². The Kier molecular flexibility index (Phi) is 23.8. The van der Waals surface area contributed by atoms with Gasteiger partial charge in [-0.25, -0.2) is 9.59 Å². The third-order valence-electron chi connectivity index (χ3n) is 2.09. The maximum Gasteiger partial charge on any atom is 2.00 e. The number of hydrogen-bond donors (Lipinski definition) is 4. The molecule has 2 atom stereocenters. The summed E-state index contributed by atoms with van der Waals surface area (Å²) in [5.41, 5.74) is 7.42. The van der Waals surface area contributed by atoms with Gasteiger partial charge in [0.15, 0.2) is 0 Å². The van der Waals surface area contributed by atoms with Gasteiger partial charge >= 0.3 is 33.0 Å². The monoisotopic (exact) mass is 516 g/mol. The molecule has 23 heavy (non-hydrogen) atoms. The van der Waals surface area contributed by atoms with Crippen LogP contribution in [0.2, 0.25) is 0 Å². The van der Waals surface area contributed by atoms with E-state index in [1.165, 1.54) is 19.3 Å². The van der Waals surface area contributed by atoms with Crippen molar-refractivity contribution in [2.24, 2.45) is 5.92 Å². The molecule has 1 saturated carbocycles. The predicted octanol–water partition coefficient (Wildman–Crippen LogP) is 1.77. The van der Waals surface area contributed by atoms with Gasteiger partial charge in [-0.05, 0) is 0 Å². The quantitative estimate of drug-likeness (QED) is 0.278. The molecular weight excluding hydrogens is 493 g/mol. The summed E-state index contributed by atoms with van der Waals surface area (Å²) in [5.74, 6) is -4.89. The van der Waals surface area contributed by atoms with E-state index in [-0.39, 0.29) is 27.1 Å². The molecule has 0 aromatic carbocycles. The first-order valence-corrected chi connectivity index (χ1v) is 6.31. The van der Waals surface area contributed by atoms with Crippen LogP contribution in [0.1, 0.15) is 39.5 Å². The number of rotatable bonds is 0. The van der Waals surface area contributed by atoms with Crippen LogP contribution in [0.3, 0.4) is 0 Å². The molecule has 10 heteroatoms. The fourth-order valence-corrected chi connectivity index (χ4v) is 1.21. The predicted molar refractivity (Wildman–Crippen MR) is 77.3 cm³/mol. The van der Waals surface area contributed by atoms with Gasteiger partial charge in [0.1, 0.15) is 0 Å². The van der Waals surface area contributed by atoms with Crippen molar-refractivity contribution in [1.82, 2.24) is 0 Å². The van der Waals surface area contributed by atoms with Crippen LogP contribution >= 0.6 is 0 Å². The van der Waals surface area contributed by atoms with Gasteiger partial charge in [-0.2, -0.15) is 12.0 Å². The van der Waals surface area contributed by atoms with E-state index in [4.69, 9.17) is 45.3 Å². The normalized spacial score (nSPS) is 17.9. The summed E-state index contributed by atoms with van der Waals surface area (Å²) in [6, 6.07) is 0.142. The Bertz CT molecular complexity index is 320. The van der Waals surface area contributed by atoms with E-state index >= 15 is 0 Å². The number of nitrogens with one attached hydrogen (secondary N) is 1. The number of carboxylic acid groups (broad SMARTS) is 4. The Morgan fingerprint density at radius 3 is 1.26 bits per heavy atom. The summed E-state index contributed by atoms with van der Waals surface area (Å²) in [6.45, 7) is 6.06. The minimum absolute atomic E-state index is 0. The molecule has 1 aliphatic carbocycles. The molecule has 2 unspecified atom stereocenters. The number of carboxylic acids is 4. The van der Waals surface area contributed by atoms with Gasteiger partial charge in [-0.1, -0.05) is 25.7 Å². The molecule has 138 valence electrons. The van der Waals surface area contributed by atoms with Crippen LogP contribution in [0.4, 0.5) is 0 Å². The van der Waals surface area contributed by atoms with Gasteiger partial charge in [0.05, 0.1) is 0 Å². The van der Waals surface area contributed by atoms with E-state index in [9.17, 15) is 0 Å². The zero-order valence-corrected chi connectivity index (χ0v) is 15.2. The number of aliphatic carboxylic acids is 4. The summed E-state index contributed by atoms with van der Waals surface area (Å²) in [6.07, 6.45) is 4.80. The molecular formula is C13H23NO8Pt. The van der Waals surface area contributed by atoms with Crippen LogP contribution < -0.4 is 0 Å². The van der Waals surface area contributed by atoms with E-state index in [0.717, 1.165) is 20.3 Å². The minimum Gasteiger partial charge on any atom is -0.677 e. The molecule has 0 radical (unpaired) electrons. The average Bonchev–Trinajstić information content (AvgIpc) is 2.32. The SMILES string of the molecule is CC(=O)O.CC(=O)O.O=C(O)C(=O)O.[CH2-]C1CCCCC1[NH-].[Pt+2]. The molecule has 0 aromatic rings. The van der Waals surface area contributed by atoms with Crippen LogP contribution in [0.15, 0.2) is 0 Å². The van der Waals surface area contributed by atoms with Crippen molar-refractivity contribution in [3.63, 3.8) is 0 Å². The maximum atomic E-state index is 9.10. The van der Waals surface area contributed by atoms with Crippen molar-refractivity contribution >= 4 is 23.9 Å². The van der Waals surface area contributed by atoms with Crippen LogP contribution in [0, 0.1) is 12.8 Å². The van der Waals surface area contributed by atoms with Crippen molar-refractivity contribution in [2.45, 2.75) is 45.6 Å². The van der Waals surface area contributed by atoms with Crippen LogP contribution in [0.25, 0.3) is 5.73 Å². The molecule has 0 aromatic heterocycles. The van der Waals surface area contributed by atoms with Gasteiger partial charge in [0.2, 0.25) is 0 Å². The Morgan fingerprint density at radius 2 is 1.13 bits per heavy atom. The fourth-order valence-electron chi connectivity index (χ4n) is 1.21. The van der Waals surface area contributed by atoms with Crippen molar-refractivity contribution in [3.05, 3.63) is 12.7 Å². The molecule has 9 nitrogen and oxygen atoms in total. The average molecular weight is 516 g/mol. The molecule has 1 fully saturated rings. The smallest absolute Gasteiger partial charge is 0.677 e. The Labute approximate surface area is 149 Å². The molecule has 5 N–H and O–H groups in total. The second kappa shape index (κ2) is 18.6. The van der Waals surface area contributed by atoms with Gasteiger partial charge in [0, 0.05) is 13.8 Å². The van der Waals surface area contributed by atoms with E-state index < -0.39 is 23.9 Å². The first-order valence-electron chi connectivity index (χ1n) is 6.31. The summed E-state index contributed by atoms with van der Waals surface area (Å²) >= 11 is 0. The molecule has 1 aliphatic rings. The summed E-state index contributed by atoms with van der Waals surface area (Å²) < 4.78 is 0. The zero-order valence-electron chi connectivity index (χ0n) is 12.9. The largest absolute Gasteiger partial charge is 2.00 e. The number of hydrogen-bond acceptors (Lipinski definition) is 4. The number of carbonyl (C=O) groups is 4. The van der Waals surface area contributed by atoms with Gasteiger partial charge in [-0.3, -0.25) is 9.59 Å². The Balaban J connectivity index is -0.000000109. The van der Waals surface area contributed by atoms with Crippen molar-refractivity contribution < 1.29 is 60.7 Å². The molecule has 0 amide bonds. The zero-order chi connectivity index (χ0) is 18.3. The fraction of sp³-hybridized carbons (Fsp3) is 0.615. The standard InChI is InChI=1S/C7H13N.C2H2O4.2C2H4O2.Pt/c1-6-4-2-3-5-7(6)8;3-1(4)2(5)6;2*1-2(3)4;/h6-8H,1-5H2;(H,3,4)(H,5,6);2*1H3,(H,3,4);/q-2;;;;+2. The molecule has 0 bridgehead atoms. The first kappa shape index (κ1) is 29.5. The van der Waals surface area contributed by atoms with E-state index in [1.54, 1.807) is 0 Å². The van der Waals surface area contributed by atoms with Gasteiger partial charge < -0.3 is 33.1 Å². The molecule has 0 spiro atoms. The third-order valence-corrected chi connectivity index (χ3v) is 2.09. The second-order valence-electron chi connectivity index (χ2n) is 4.30. The maximum absolute atomic E-state index is 9.10. The second-order valence-corrected chi connectivity index (χ2v) is 4.30. The summed E-state index contributed by atoms with van der Waals surface area (Å²) in [4.78, 5) is 36.2. The molecule has 0 heterocycles. The molecule has 0 aliphatic heterocycles. The third kappa shape index (κ3) is 38.5. The van der Waals surface area contributed by atoms with Gasteiger partial charge in [-0.15, -0.1) is 0 Å². The van der Waals surface area contributed by atoms with Crippen molar-refractivity contribution in [3.8, 4) is 0 Å². The van der Waals surface area contributed by atoms with Crippen molar-refractivity contribution in [1.29, 1.82) is 0 Å². The van der Waals surface area contributed by atoms with Crippen LogP contribution in [-0.2, 0) is 40.2 Å². The summed E-state index contributed by atoms with van der Waals surface area (Å²) in [7, 11) is 0. The topological polar surface area (TPSA) is 173 Å². The summed E-state index contributed by atoms with van der Waals surface area (Å²) in [5, 5.41) is 29.6. The van der Waals surface area contributed by atoms with E-state index in [2.05, 4.69) is 6.92 Å². The van der Waals surface area contributed by atoms with E-state index in [1.807, 2.05) is 0 Å². The molecule has 0 saturated heterocycles. The van der Waals surface area contributed by atoms with Gasteiger partial charge in [0.25, 0.3) is 11.9 Å². The molecule has 1 rings (SSSR count). The van der Waals surface area contributed by atoms with Crippen molar-refractivity contribution in [2.75, 3.05) is 0 Å². The Morgan fingerprint density at radius 1 is 0.870 bits per heavy atom. The minimum atomic E-state index is -1.82.